The van der Waals surface area contributed by atoms with E-state index in [9.17, 15) is 4.79 Å². The van der Waals surface area contributed by atoms with Crippen LogP contribution in [-0.2, 0) is 9.53 Å². The van der Waals surface area contributed by atoms with Gasteiger partial charge in [-0.2, -0.15) is 0 Å². The molecule has 0 fully saturated rings. The fourth-order valence-electron chi connectivity index (χ4n) is 1.32. The number of carbonyl (C=O) groups is 1. The predicted molar refractivity (Wildman–Crippen MR) is 64.7 cm³/mol. The maximum absolute atomic E-state index is 11.4. The van der Waals surface area contributed by atoms with Crippen LogP contribution in [0, 0.1) is 5.41 Å². The van der Waals surface area contributed by atoms with E-state index in [4.69, 9.17) is 22.7 Å². The van der Waals surface area contributed by atoms with Crippen LogP contribution in [0.5, 0.6) is 0 Å². The maximum atomic E-state index is 11.4. The number of carbonyl (C=O) groups excluding carboxylic acids is 1. The summed E-state index contributed by atoms with van der Waals surface area (Å²) in [5, 5.41) is 0. The SMILES string of the molecule is COC(=O)C(C)(C)CN(C)C(C)C(N)=S. The van der Waals surface area contributed by atoms with Gasteiger partial charge in [-0.1, -0.05) is 12.2 Å². The molecule has 0 aromatic rings. The third-order valence-corrected chi connectivity index (χ3v) is 2.80. The highest BCUT2D eigenvalue weighted by Crippen LogP contribution is 2.19. The summed E-state index contributed by atoms with van der Waals surface area (Å²) in [5.74, 6) is -0.232. The van der Waals surface area contributed by atoms with Gasteiger partial charge in [0.1, 0.15) is 0 Å². The summed E-state index contributed by atoms with van der Waals surface area (Å²) in [6, 6.07) is -0.0241. The van der Waals surface area contributed by atoms with E-state index in [2.05, 4.69) is 0 Å². The molecule has 15 heavy (non-hydrogen) atoms. The molecule has 2 N–H and O–H groups in total. The Bertz CT molecular complexity index is 254. The Kier molecular flexibility index (Phi) is 5.17. The van der Waals surface area contributed by atoms with Crippen LogP contribution in [0.1, 0.15) is 20.8 Å². The molecule has 0 saturated heterocycles. The monoisotopic (exact) mass is 232 g/mol. The zero-order valence-corrected chi connectivity index (χ0v) is 10.9. The van der Waals surface area contributed by atoms with Crippen molar-refractivity contribution in [3.05, 3.63) is 0 Å². The minimum absolute atomic E-state index is 0.0241. The van der Waals surface area contributed by atoms with Crippen LogP contribution in [-0.4, -0.2) is 42.6 Å². The average molecular weight is 232 g/mol. The second kappa shape index (κ2) is 5.42. The first kappa shape index (κ1) is 14.3. The molecule has 0 spiro atoms. The quantitative estimate of drug-likeness (QED) is 0.561. The van der Waals surface area contributed by atoms with E-state index in [0.29, 0.717) is 11.5 Å². The smallest absolute Gasteiger partial charge is 0.312 e. The van der Waals surface area contributed by atoms with E-state index >= 15 is 0 Å². The minimum Gasteiger partial charge on any atom is -0.469 e. The Balaban J connectivity index is 4.46. The highest BCUT2D eigenvalue weighted by molar-refractivity contribution is 7.80. The summed E-state index contributed by atoms with van der Waals surface area (Å²) in [6.07, 6.45) is 0. The lowest BCUT2D eigenvalue weighted by Crippen LogP contribution is -2.46. The molecule has 0 amide bonds. The molecule has 0 aromatic carbocycles. The largest absolute Gasteiger partial charge is 0.469 e. The van der Waals surface area contributed by atoms with E-state index in [0.717, 1.165) is 0 Å². The molecule has 88 valence electrons. The molecular weight excluding hydrogens is 212 g/mol. The molecule has 0 bridgehead atoms. The average Bonchev–Trinajstić information content (AvgIpc) is 2.14. The standard InChI is InChI=1S/C10H20N2O2S/c1-7(8(11)15)12(4)6-10(2,3)9(13)14-5/h7H,6H2,1-5H3,(H2,11,15). The number of nitrogens with two attached hydrogens (primary N) is 1. The van der Waals surface area contributed by atoms with Crippen LogP contribution in [0.3, 0.4) is 0 Å². The van der Waals surface area contributed by atoms with Crippen molar-refractivity contribution < 1.29 is 9.53 Å². The van der Waals surface area contributed by atoms with Crippen molar-refractivity contribution in [1.29, 1.82) is 0 Å². The molecule has 0 aliphatic rings. The van der Waals surface area contributed by atoms with Gasteiger partial charge in [-0.25, -0.2) is 0 Å². The zero-order chi connectivity index (χ0) is 12.2. The van der Waals surface area contributed by atoms with Crippen LogP contribution in [0.25, 0.3) is 0 Å². The first-order valence-electron chi connectivity index (χ1n) is 4.80. The summed E-state index contributed by atoms with van der Waals surface area (Å²) in [7, 11) is 3.27. The van der Waals surface area contributed by atoms with Gasteiger partial charge in [0, 0.05) is 6.54 Å². The molecule has 0 aliphatic heterocycles. The van der Waals surface area contributed by atoms with Crippen LogP contribution in [0.15, 0.2) is 0 Å². The first-order valence-corrected chi connectivity index (χ1v) is 5.21. The van der Waals surface area contributed by atoms with E-state index in [1.165, 1.54) is 7.11 Å². The van der Waals surface area contributed by atoms with Crippen molar-refractivity contribution in [2.45, 2.75) is 26.8 Å². The molecule has 0 heterocycles. The Morgan fingerprint density at radius 3 is 2.40 bits per heavy atom. The lowest BCUT2D eigenvalue weighted by atomic mass is 9.92. The number of thiocarbonyl (C=S) groups is 1. The van der Waals surface area contributed by atoms with Crippen molar-refractivity contribution in [2.75, 3.05) is 20.7 Å². The van der Waals surface area contributed by atoms with Gasteiger partial charge in [-0.05, 0) is 27.8 Å². The molecule has 0 radical (unpaired) electrons. The number of hydrogen-bond acceptors (Lipinski definition) is 4. The maximum Gasteiger partial charge on any atom is 0.312 e. The van der Waals surface area contributed by atoms with Crippen LogP contribution < -0.4 is 5.73 Å². The molecule has 0 saturated carbocycles. The van der Waals surface area contributed by atoms with E-state index in [-0.39, 0.29) is 12.0 Å². The molecule has 5 heteroatoms. The molecule has 1 atom stereocenters. The Hall–Kier alpha value is -0.680. The molecule has 0 aliphatic carbocycles. The van der Waals surface area contributed by atoms with Gasteiger partial charge in [-0.3, -0.25) is 9.69 Å². The van der Waals surface area contributed by atoms with Crippen molar-refractivity contribution in [2.24, 2.45) is 11.1 Å². The highest BCUT2D eigenvalue weighted by Gasteiger charge is 2.31. The molecular formula is C10H20N2O2S. The minimum atomic E-state index is -0.553. The summed E-state index contributed by atoms with van der Waals surface area (Å²) >= 11 is 4.90. The van der Waals surface area contributed by atoms with Crippen LogP contribution in [0.2, 0.25) is 0 Å². The summed E-state index contributed by atoms with van der Waals surface area (Å²) in [5.41, 5.74) is 4.98. The van der Waals surface area contributed by atoms with E-state index < -0.39 is 5.41 Å². The van der Waals surface area contributed by atoms with Gasteiger partial charge in [0.15, 0.2) is 0 Å². The third kappa shape index (κ3) is 4.13. The van der Waals surface area contributed by atoms with E-state index in [1.54, 1.807) is 0 Å². The normalized spacial score (nSPS) is 13.7. The van der Waals surface area contributed by atoms with Gasteiger partial charge in [0.25, 0.3) is 0 Å². The lowest BCUT2D eigenvalue weighted by Gasteiger charge is -2.31. The van der Waals surface area contributed by atoms with Gasteiger partial charge >= 0.3 is 5.97 Å². The first-order chi connectivity index (χ1) is 6.72. The van der Waals surface area contributed by atoms with Crippen molar-refractivity contribution >= 4 is 23.2 Å². The number of esters is 1. The van der Waals surface area contributed by atoms with Crippen molar-refractivity contribution in [3.8, 4) is 0 Å². The summed E-state index contributed by atoms with van der Waals surface area (Å²) < 4.78 is 4.73. The number of likely N-dealkylation sites (N-methyl/N-ethyl adjacent to an activating group) is 1. The number of nitrogens with zero attached hydrogens (tertiary/aromatic N) is 1. The molecule has 1 unspecified atom stereocenters. The fraction of sp³-hybridized carbons (Fsp3) is 0.800. The molecule has 4 nitrogen and oxygen atoms in total. The number of hydrogen-bond donors (Lipinski definition) is 1. The van der Waals surface area contributed by atoms with Gasteiger partial charge in [0.2, 0.25) is 0 Å². The van der Waals surface area contributed by atoms with E-state index in [1.807, 2.05) is 32.7 Å². The number of methoxy groups -OCH3 is 1. The predicted octanol–water partition coefficient (Wildman–Crippen LogP) is 0.792. The Morgan fingerprint density at radius 2 is 2.07 bits per heavy atom. The Morgan fingerprint density at radius 1 is 1.60 bits per heavy atom. The summed E-state index contributed by atoms with van der Waals surface area (Å²) in [6.45, 7) is 6.14. The number of ether oxygens (including phenoxy) is 1. The third-order valence-electron chi connectivity index (χ3n) is 2.46. The molecule has 0 rings (SSSR count). The highest BCUT2D eigenvalue weighted by atomic mass is 32.1. The topological polar surface area (TPSA) is 55.6 Å². The second-order valence-corrected chi connectivity index (χ2v) is 4.84. The number of rotatable bonds is 5. The second-order valence-electron chi connectivity index (χ2n) is 4.37. The Labute approximate surface area is 96.8 Å². The van der Waals surface area contributed by atoms with Gasteiger partial charge < -0.3 is 10.5 Å². The molecule has 0 aromatic heterocycles. The zero-order valence-electron chi connectivity index (χ0n) is 10.0. The summed E-state index contributed by atoms with van der Waals surface area (Å²) in [4.78, 5) is 13.8. The van der Waals surface area contributed by atoms with Crippen LogP contribution >= 0.6 is 12.2 Å². The van der Waals surface area contributed by atoms with Crippen molar-refractivity contribution in [3.63, 3.8) is 0 Å². The lowest BCUT2D eigenvalue weighted by molar-refractivity contribution is -0.151. The van der Waals surface area contributed by atoms with Gasteiger partial charge in [0.05, 0.1) is 23.6 Å². The van der Waals surface area contributed by atoms with Crippen molar-refractivity contribution in [1.82, 2.24) is 4.90 Å². The fourth-order valence-corrected chi connectivity index (χ4v) is 1.50. The van der Waals surface area contributed by atoms with Crippen LogP contribution in [0.4, 0.5) is 0 Å². The van der Waals surface area contributed by atoms with Gasteiger partial charge in [-0.15, -0.1) is 0 Å².